The molecule has 4 aromatic rings. The molecule has 1 aliphatic rings. The zero-order chi connectivity index (χ0) is 30.9. The Morgan fingerprint density at radius 2 is 0.841 bits per heavy atom. The van der Waals surface area contributed by atoms with Crippen LogP contribution in [-0.2, 0) is 23.7 Å². The van der Waals surface area contributed by atoms with Crippen molar-refractivity contribution in [1.29, 1.82) is 0 Å². The molecule has 1 N–H and O–H groups in total. The molecular weight excluding hydrogens is 568 g/mol. The van der Waals surface area contributed by atoms with Gasteiger partial charge in [0.1, 0.15) is 12.7 Å². The molecule has 0 aromatic heterocycles. The van der Waals surface area contributed by atoms with Crippen LogP contribution in [0.3, 0.4) is 0 Å². The van der Waals surface area contributed by atoms with Crippen molar-refractivity contribution in [2.75, 3.05) is 6.61 Å². The van der Waals surface area contributed by atoms with Gasteiger partial charge in [0.15, 0.2) is 24.6 Å². The van der Waals surface area contributed by atoms with Crippen molar-refractivity contribution in [2.24, 2.45) is 0 Å². The summed E-state index contributed by atoms with van der Waals surface area (Å²) in [6, 6.07) is 32.1. The summed E-state index contributed by atoms with van der Waals surface area (Å²) in [7, 11) is 0. The first-order valence-corrected chi connectivity index (χ1v) is 13.7. The van der Waals surface area contributed by atoms with Gasteiger partial charge in [-0.15, -0.1) is 0 Å². The Morgan fingerprint density at radius 3 is 1.25 bits per heavy atom. The van der Waals surface area contributed by atoms with Gasteiger partial charge in [-0.1, -0.05) is 72.8 Å². The summed E-state index contributed by atoms with van der Waals surface area (Å²) in [6.45, 7) is -0.504. The number of carbonyl (C=O) groups is 4. The molecule has 10 nitrogen and oxygen atoms in total. The van der Waals surface area contributed by atoms with E-state index in [0.717, 1.165) is 0 Å². The normalized spacial score (nSPS) is 21.0. The van der Waals surface area contributed by atoms with E-state index in [2.05, 4.69) is 0 Å². The van der Waals surface area contributed by atoms with E-state index in [-0.39, 0.29) is 22.3 Å². The molecule has 1 saturated heterocycles. The summed E-state index contributed by atoms with van der Waals surface area (Å²) < 4.78 is 28.4. The van der Waals surface area contributed by atoms with E-state index in [1.54, 1.807) is 84.9 Å². The predicted molar refractivity (Wildman–Crippen MR) is 155 cm³/mol. The van der Waals surface area contributed by atoms with E-state index in [1.807, 2.05) is 0 Å². The fourth-order valence-electron chi connectivity index (χ4n) is 4.54. The monoisotopic (exact) mass is 596 g/mol. The Hall–Kier alpha value is -5.32. The molecule has 0 aliphatic carbocycles. The van der Waals surface area contributed by atoms with Crippen molar-refractivity contribution in [1.82, 2.24) is 0 Å². The number of aliphatic hydroxyl groups is 1. The van der Waals surface area contributed by atoms with Crippen molar-refractivity contribution >= 4 is 23.9 Å². The molecule has 4 aromatic carbocycles. The van der Waals surface area contributed by atoms with Gasteiger partial charge in [0, 0.05) is 0 Å². The van der Waals surface area contributed by atoms with Crippen molar-refractivity contribution in [3.8, 4) is 0 Å². The number of benzene rings is 4. The number of hydrogen-bond donors (Lipinski definition) is 1. The van der Waals surface area contributed by atoms with E-state index < -0.39 is 61.2 Å². The second kappa shape index (κ2) is 14.2. The van der Waals surface area contributed by atoms with Crippen LogP contribution in [0.2, 0.25) is 0 Å². The molecule has 0 bridgehead atoms. The molecule has 224 valence electrons. The lowest BCUT2D eigenvalue weighted by atomic mass is 9.97. The van der Waals surface area contributed by atoms with Gasteiger partial charge < -0.3 is 28.8 Å². The zero-order valence-electron chi connectivity index (χ0n) is 23.3. The summed E-state index contributed by atoms with van der Waals surface area (Å²) in [5.74, 6) is -3.21. The first-order chi connectivity index (χ1) is 21.4. The minimum Gasteiger partial charge on any atom is -0.459 e. The topological polar surface area (TPSA) is 135 Å². The number of carbonyl (C=O) groups excluding carboxylic acids is 4. The quantitative estimate of drug-likeness (QED) is 0.221. The van der Waals surface area contributed by atoms with Crippen LogP contribution in [0.15, 0.2) is 121 Å². The summed E-state index contributed by atoms with van der Waals surface area (Å²) in [5, 5.41) is 11.1. The zero-order valence-corrected chi connectivity index (χ0v) is 23.3. The van der Waals surface area contributed by atoms with Crippen LogP contribution in [0.5, 0.6) is 0 Å². The lowest BCUT2D eigenvalue weighted by Crippen LogP contribution is -2.62. The molecule has 1 heterocycles. The highest BCUT2D eigenvalue weighted by atomic mass is 16.7. The molecule has 0 radical (unpaired) electrons. The largest absolute Gasteiger partial charge is 0.459 e. The fraction of sp³-hybridized carbons (Fsp3) is 0.176. The molecule has 44 heavy (non-hydrogen) atoms. The van der Waals surface area contributed by atoms with Crippen LogP contribution in [0.1, 0.15) is 41.4 Å². The molecule has 0 saturated carbocycles. The average molecular weight is 597 g/mol. The lowest BCUT2D eigenvalue weighted by molar-refractivity contribution is -0.284. The minimum atomic E-state index is -1.86. The minimum absolute atomic E-state index is 0.154. The third kappa shape index (κ3) is 7.35. The summed E-state index contributed by atoms with van der Waals surface area (Å²) >= 11 is 0. The second-order valence-corrected chi connectivity index (χ2v) is 9.74. The molecule has 0 spiro atoms. The van der Waals surface area contributed by atoms with Gasteiger partial charge in [-0.25, -0.2) is 19.2 Å². The van der Waals surface area contributed by atoms with E-state index in [9.17, 15) is 24.3 Å². The highest BCUT2D eigenvalue weighted by molar-refractivity contribution is 5.91. The van der Waals surface area contributed by atoms with Gasteiger partial charge in [-0.05, 0) is 48.5 Å². The molecule has 0 amide bonds. The number of esters is 4. The van der Waals surface area contributed by atoms with Crippen molar-refractivity contribution in [3.63, 3.8) is 0 Å². The third-order valence-corrected chi connectivity index (χ3v) is 6.76. The van der Waals surface area contributed by atoms with Crippen molar-refractivity contribution < 1.29 is 48.0 Å². The first kappa shape index (κ1) is 30.1. The first-order valence-electron chi connectivity index (χ1n) is 13.7. The van der Waals surface area contributed by atoms with Crippen LogP contribution in [0.25, 0.3) is 0 Å². The van der Waals surface area contributed by atoms with Crippen LogP contribution in [0, 0.1) is 0 Å². The van der Waals surface area contributed by atoms with E-state index in [4.69, 9.17) is 23.7 Å². The molecule has 5 atom stereocenters. The van der Waals surface area contributed by atoms with Gasteiger partial charge in [0.2, 0.25) is 0 Å². The Morgan fingerprint density at radius 1 is 0.500 bits per heavy atom. The van der Waals surface area contributed by atoms with Gasteiger partial charge in [-0.3, -0.25) is 0 Å². The summed E-state index contributed by atoms with van der Waals surface area (Å²) in [4.78, 5) is 52.3. The van der Waals surface area contributed by atoms with Crippen molar-refractivity contribution in [2.45, 2.75) is 30.7 Å². The Bertz CT molecular complexity index is 1560. The van der Waals surface area contributed by atoms with Crippen molar-refractivity contribution in [3.05, 3.63) is 144 Å². The number of aliphatic hydroxyl groups excluding tert-OH is 1. The molecule has 10 heteroatoms. The van der Waals surface area contributed by atoms with Gasteiger partial charge in [0.05, 0.1) is 22.3 Å². The number of rotatable bonds is 9. The SMILES string of the molecule is O=C(OCC1OC(O)C(OC(=O)c2ccccc2)C(OC(=O)c2ccccc2)[C@@H]1OC(=O)c1ccccc1)c1ccccc1. The molecule has 5 rings (SSSR count). The van der Waals surface area contributed by atoms with Crippen LogP contribution in [-0.4, -0.2) is 66.3 Å². The number of ether oxygens (including phenoxy) is 5. The maximum atomic E-state index is 13.3. The van der Waals surface area contributed by atoms with E-state index >= 15 is 0 Å². The lowest BCUT2D eigenvalue weighted by Gasteiger charge is -2.42. The number of hydrogen-bond acceptors (Lipinski definition) is 10. The predicted octanol–water partition coefficient (Wildman–Crippen LogP) is 4.24. The smallest absolute Gasteiger partial charge is 0.338 e. The van der Waals surface area contributed by atoms with Crippen LogP contribution >= 0.6 is 0 Å². The highest BCUT2D eigenvalue weighted by Crippen LogP contribution is 2.30. The summed E-state index contributed by atoms with van der Waals surface area (Å²) in [6.07, 6.45) is -7.89. The van der Waals surface area contributed by atoms with E-state index in [1.165, 1.54) is 36.4 Å². The Kier molecular flexibility index (Phi) is 9.75. The Labute approximate surface area is 252 Å². The third-order valence-electron chi connectivity index (χ3n) is 6.76. The molecule has 1 aliphatic heterocycles. The molecular formula is C34H28O10. The maximum absolute atomic E-state index is 13.3. The fourth-order valence-corrected chi connectivity index (χ4v) is 4.54. The van der Waals surface area contributed by atoms with Gasteiger partial charge in [0.25, 0.3) is 0 Å². The van der Waals surface area contributed by atoms with Crippen LogP contribution in [0.4, 0.5) is 0 Å². The average Bonchev–Trinajstić information content (AvgIpc) is 3.07. The molecule has 4 unspecified atom stereocenters. The maximum Gasteiger partial charge on any atom is 0.338 e. The Balaban J connectivity index is 1.48. The molecule has 1 fully saturated rings. The van der Waals surface area contributed by atoms with Crippen LogP contribution < -0.4 is 0 Å². The van der Waals surface area contributed by atoms with Gasteiger partial charge in [-0.2, -0.15) is 0 Å². The summed E-state index contributed by atoms with van der Waals surface area (Å²) in [5.41, 5.74) is 0.736. The standard InChI is InChI=1S/C34H28O10/c35-30(22-13-5-1-6-14-22)40-21-26-27(42-31(36)23-15-7-2-8-16-23)28(43-32(37)24-17-9-3-10-18-24)29(34(39)41-26)44-33(38)25-19-11-4-12-20-25/h1-20,26-29,34,39H,21H2/t26?,27-,28?,29?,34?/m1/s1. The van der Waals surface area contributed by atoms with Gasteiger partial charge >= 0.3 is 23.9 Å². The second-order valence-electron chi connectivity index (χ2n) is 9.74. The highest BCUT2D eigenvalue weighted by Gasteiger charge is 2.52. The van der Waals surface area contributed by atoms with E-state index in [0.29, 0.717) is 0 Å².